The van der Waals surface area contributed by atoms with Gasteiger partial charge in [-0.3, -0.25) is 0 Å². The lowest BCUT2D eigenvalue weighted by molar-refractivity contribution is 0.257. The molecule has 0 saturated heterocycles. The van der Waals surface area contributed by atoms with Gasteiger partial charge in [0.1, 0.15) is 5.76 Å². The lowest BCUT2D eigenvalue weighted by Crippen LogP contribution is -2.00. The van der Waals surface area contributed by atoms with Crippen molar-refractivity contribution < 1.29 is 9.84 Å². The Balaban J connectivity index is 2.78. The van der Waals surface area contributed by atoms with E-state index in [1.165, 1.54) is 5.57 Å². The average Bonchev–Trinajstić information content (AvgIpc) is 2.05. The monoisotopic (exact) mass is 154 g/mol. The summed E-state index contributed by atoms with van der Waals surface area (Å²) < 4.78 is 4.99. The minimum atomic E-state index is 0.379. The SMILES string of the molecule is CCC1=CC(OC)=C(O)CC1. The molecule has 0 aromatic carbocycles. The second kappa shape index (κ2) is 3.46. The van der Waals surface area contributed by atoms with E-state index in [2.05, 4.69) is 6.92 Å². The van der Waals surface area contributed by atoms with Crippen LogP contribution in [-0.2, 0) is 4.74 Å². The molecular weight excluding hydrogens is 140 g/mol. The van der Waals surface area contributed by atoms with E-state index in [0.717, 1.165) is 19.3 Å². The molecule has 0 amide bonds. The van der Waals surface area contributed by atoms with Crippen LogP contribution in [0, 0.1) is 0 Å². The zero-order valence-electron chi connectivity index (χ0n) is 7.05. The zero-order valence-corrected chi connectivity index (χ0v) is 7.05. The molecule has 0 bridgehead atoms. The van der Waals surface area contributed by atoms with Crippen molar-refractivity contribution in [1.29, 1.82) is 0 Å². The van der Waals surface area contributed by atoms with Crippen molar-refractivity contribution in [3.05, 3.63) is 23.2 Å². The lowest BCUT2D eigenvalue weighted by atomic mass is 10.0. The van der Waals surface area contributed by atoms with E-state index in [1.54, 1.807) is 7.11 Å². The largest absolute Gasteiger partial charge is 0.508 e. The number of rotatable bonds is 2. The van der Waals surface area contributed by atoms with Gasteiger partial charge in [0.2, 0.25) is 0 Å². The first-order valence-electron chi connectivity index (χ1n) is 3.93. The van der Waals surface area contributed by atoms with Crippen LogP contribution in [0.1, 0.15) is 26.2 Å². The van der Waals surface area contributed by atoms with Crippen LogP contribution in [0.15, 0.2) is 23.2 Å². The van der Waals surface area contributed by atoms with Crippen LogP contribution in [-0.4, -0.2) is 12.2 Å². The molecule has 1 rings (SSSR count). The Morgan fingerprint density at radius 3 is 2.82 bits per heavy atom. The van der Waals surface area contributed by atoms with Gasteiger partial charge in [-0.25, -0.2) is 0 Å². The quantitative estimate of drug-likeness (QED) is 0.662. The van der Waals surface area contributed by atoms with Crippen molar-refractivity contribution >= 4 is 0 Å². The fourth-order valence-electron chi connectivity index (χ4n) is 1.20. The molecule has 0 spiro atoms. The van der Waals surface area contributed by atoms with Gasteiger partial charge in [-0.05, 0) is 18.9 Å². The van der Waals surface area contributed by atoms with Crippen LogP contribution < -0.4 is 0 Å². The van der Waals surface area contributed by atoms with E-state index < -0.39 is 0 Å². The number of hydrogen-bond acceptors (Lipinski definition) is 2. The minimum Gasteiger partial charge on any atom is -0.508 e. The standard InChI is InChI=1S/C9H14O2/c1-3-7-4-5-8(10)9(6-7)11-2/h6,10H,3-5H2,1-2H3. The maximum absolute atomic E-state index is 9.29. The number of aliphatic hydroxyl groups is 1. The highest BCUT2D eigenvalue weighted by Crippen LogP contribution is 2.23. The molecule has 2 heteroatoms. The van der Waals surface area contributed by atoms with Gasteiger partial charge in [0, 0.05) is 6.42 Å². The van der Waals surface area contributed by atoms with E-state index in [0.29, 0.717) is 11.5 Å². The molecule has 11 heavy (non-hydrogen) atoms. The molecule has 0 saturated carbocycles. The third kappa shape index (κ3) is 1.76. The minimum absolute atomic E-state index is 0.379. The van der Waals surface area contributed by atoms with Crippen molar-refractivity contribution in [2.75, 3.05) is 7.11 Å². The highest BCUT2D eigenvalue weighted by atomic mass is 16.5. The van der Waals surface area contributed by atoms with E-state index >= 15 is 0 Å². The normalized spacial score (nSPS) is 18.2. The van der Waals surface area contributed by atoms with E-state index in [9.17, 15) is 5.11 Å². The molecule has 1 aliphatic rings. The Morgan fingerprint density at radius 2 is 2.27 bits per heavy atom. The summed E-state index contributed by atoms with van der Waals surface area (Å²) in [6.45, 7) is 2.11. The molecule has 0 unspecified atom stereocenters. The molecule has 0 aliphatic heterocycles. The topological polar surface area (TPSA) is 29.5 Å². The number of aliphatic hydroxyl groups excluding tert-OH is 1. The molecule has 2 nitrogen and oxygen atoms in total. The molecule has 62 valence electrons. The fourth-order valence-corrected chi connectivity index (χ4v) is 1.20. The first-order valence-corrected chi connectivity index (χ1v) is 3.93. The molecule has 0 radical (unpaired) electrons. The summed E-state index contributed by atoms with van der Waals surface area (Å²) >= 11 is 0. The third-order valence-corrected chi connectivity index (χ3v) is 1.98. The van der Waals surface area contributed by atoms with Crippen molar-refractivity contribution in [3.63, 3.8) is 0 Å². The van der Waals surface area contributed by atoms with Crippen LogP contribution in [0.2, 0.25) is 0 Å². The molecule has 1 N–H and O–H groups in total. The summed E-state index contributed by atoms with van der Waals surface area (Å²) in [4.78, 5) is 0. The number of ether oxygens (including phenoxy) is 1. The highest BCUT2D eigenvalue weighted by Gasteiger charge is 2.11. The van der Waals surface area contributed by atoms with Crippen LogP contribution >= 0.6 is 0 Å². The summed E-state index contributed by atoms with van der Waals surface area (Å²) in [6, 6.07) is 0. The maximum Gasteiger partial charge on any atom is 0.156 e. The Kier molecular flexibility index (Phi) is 2.58. The van der Waals surface area contributed by atoms with Gasteiger partial charge in [0.25, 0.3) is 0 Å². The molecule has 1 aliphatic carbocycles. The van der Waals surface area contributed by atoms with E-state index in [4.69, 9.17) is 4.74 Å². The lowest BCUT2D eigenvalue weighted by Gasteiger charge is -2.14. The molecular formula is C9H14O2. The predicted octanol–water partition coefficient (Wildman–Crippen LogP) is 2.53. The Morgan fingerprint density at radius 1 is 1.55 bits per heavy atom. The molecule has 0 aromatic heterocycles. The highest BCUT2D eigenvalue weighted by molar-refractivity contribution is 5.25. The van der Waals surface area contributed by atoms with Gasteiger partial charge in [-0.2, -0.15) is 0 Å². The summed E-state index contributed by atoms with van der Waals surface area (Å²) in [5.74, 6) is 1.01. The summed E-state index contributed by atoms with van der Waals surface area (Å²) in [6.07, 6.45) is 4.66. The van der Waals surface area contributed by atoms with Crippen molar-refractivity contribution in [1.82, 2.24) is 0 Å². The van der Waals surface area contributed by atoms with Crippen molar-refractivity contribution in [2.24, 2.45) is 0 Å². The molecule has 0 heterocycles. The van der Waals surface area contributed by atoms with Crippen LogP contribution in [0.4, 0.5) is 0 Å². The molecule has 0 atom stereocenters. The predicted molar refractivity (Wildman–Crippen MR) is 44.3 cm³/mol. The van der Waals surface area contributed by atoms with Gasteiger partial charge in [0.15, 0.2) is 5.76 Å². The Labute approximate surface area is 67.2 Å². The number of allylic oxidation sites excluding steroid dienone is 3. The average molecular weight is 154 g/mol. The second-order valence-corrected chi connectivity index (χ2v) is 2.67. The van der Waals surface area contributed by atoms with Crippen LogP contribution in [0.5, 0.6) is 0 Å². The summed E-state index contributed by atoms with van der Waals surface area (Å²) in [7, 11) is 1.58. The summed E-state index contributed by atoms with van der Waals surface area (Å²) in [5, 5.41) is 9.29. The fraction of sp³-hybridized carbons (Fsp3) is 0.556. The van der Waals surface area contributed by atoms with Gasteiger partial charge in [0.05, 0.1) is 7.11 Å². The smallest absolute Gasteiger partial charge is 0.156 e. The van der Waals surface area contributed by atoms with E-state index in [1.807, 2.05) is 6.08 Å². The zero-order chi connectivity index (χ0) is 8.27. The maximum atomic E-state index is 9.29. The van der Waals surface area contributed by atoms with Crippen LogP contribution in [0.25, 0.3) is 0 Å². The Bertz CT molecular complexity index is 202. The first kappa shape index (κ1) is 8.18. The van der Waals surface area contributed by atoms with E-state index in [-0.39, 0.29) is 0 Å². The summed E-state index contributed by atoms with van der Waals surface area (Å²) in [5.41, 5.74) is 1.35. The second-order valence-electron chi connectivity index (χ2n) is 2.67. The Hall–Kier alpha value is -0.920. The van der Waals surface area contributed by atoms with Gasteiger partial charge in [-0.1, -0.05) is 12.5 Å². The number of hydrogen-bond donors (Lipinski definition) is 1. The first-order chi connectivity index (χ1) is 5.27. The molecule has 0 fully saturated rings. The van der Waals surface area contributed by atoms with Crippen molar-refractivity contribution in [2.45, 2.75) is 26.2 Å². The molecule has 0 aromatic rings. The van der Waals surface area contributed by atoms with Gasteiger partial charge in [-0.15, -0.1) is 0 Å². The van der Waals surface area contributed by atoms with Crippen LogP contribution in [0.3, 0.4) is 0 Å². The third-order valence-electron chi connectivity index (χ3n) is 1.98. The van der Waals surface area contributed by atoms with Gasteiger partial charge < -0.3 is 9.84 Å². The van der Waals surface area contributed by atoms with Gasteiger partial charge >= 0.3 is 0 Å². The number of methoxy groups -OCH3 is 1. The van der Waals surface area contributed by atoms with Crippen molar-refractivity contribution in [3.8, 4) is 0 Å².